The Kier molecular flexibility index (Phi) is 5.32. The van der Waals surface area contributed by atoms with Gasteiger partial charge in [0.15, 0.2) is 11.9 Å². The van der Waals surface area contributed by atoms with E-state index in [1.807, 2.05) is 38.1 Å². The molecule has 0 spiro atoms. The first-order chi connectivity index (χ1) is 12.5. The number of aromatic amines is 1. The highest BCUT2D eigenvalue weighted by Crippen LogP contribution is 2.31. The summed E-state index contributed by atoms with van der Waals surface area (Å²) in [4.78, 5) is 30.6. The van der Waals surface area contributed by atoms with Crippen LogP contribution in [0.3, 0.4) is 0 Å². The van der Waals surface area contributed by atoms with E-state index in [0.717, 1.165) is 17.0 Å². The quantitative estimate of drug-likeness (QED) is 0.820. The lowest BCUT2D eigenvalue weighted by Crippen LogP contribution is -2.53. The fraction of sp³-hybridized carbons (Fsp3) is 0.444. The number of ether oxygens (including phenoxy) is 1. The summed E-state index contributed by atoms with van der Waals surface area (Å²) in [7, 11) is 1.71. The maximum Gasteiger partial charge on any atom is 0.251 e. The molecular formula is C18H23N5O3. The molecule has 2 N–H and O–H groups in total. The lowest BCUT2D eigenvalue weighted by molar-refractivity contribution is -0.162. The maximum absolute atomic E-state index is 12.7. The van der Waals surface area contributed by atoms with Gasteiger partial charge in [0.25, 0.3) is 5.91 Å². The van der Waals surface area contributed by atoms with Crippen LogP contribution < -0.4 is 5.32 Å². The number of H-pyrrole nitrogens is 1. The topological polar surface area (TPSA) is 100 Å². The summed E-state index contributed by atoms with van der Waals surface area (Å²) >= 11 is 0. The van der Waals surface area contributed by atoms with Gasteiger partial charge >= 0.3 is 0 Å². The monoisotopic (exact) mass is 357 g/mol. The molecule has 138 valence electrons. The van der Waals surface area contributed by atoms with E-state index in [0.29, 0.717) is 18.8 Å². The molecule has 3 rings (SSSR count). The van der Waals surface area contributed by atoms with Gasteiger partial charge in [-0.25, -0.2) is 4.98 Å². The molecule has 26 heavy (non-hydrogen) atoms. The number of hydrogen-bond donors (Lipinski definition) is 2. The number of rotatable bonds is 5. The molecule has 1 fully saturated rings. The zero-order valence-corrected chi connectivity index (χ0v) is 15.2. The minimum atomic E-state index is -0.757. The molecule has 1 aromatic carbocycles. The Labute approximate surface area is 151 Å². The molecule has 2 aromatic rings. The first-order valence-electron chi connectivity index (χ1n) is 8.55. The smallest absolute Gasteiger partial charge is 0.251 e. The third-order valence-electron chi connectivity index (χ3n) is 4.54. The van der Waals surface area contributed by atoms with Crippen molar-refractivity contribution in [3.63, 3.8) is 0 Å². The highest BCUT2D eigenvalue weighted by Gasteiger charge is 2.40. The first kappa shape index (κ1) is 18.1. The van der Waals surface area contributed by atoms with Gasteiger partial charge in [0.1, 0.15) is 12.4 Å². The predicted octanol–water partition coefficient (Wildman–Crippen LogP) is 0.679. The molecule has 1 aliphatic heterocycles. The standard InChI is InChI=1S/C18H23N5O3/c1-11-6-4-5-7-13(11)16-17(26-10-15(24)23(16)3)18(25)19-9-8-14-20-12(2)21-22-14/h4-7,16-17H,8-10H2,1-3H3,(H,19,25)(H,20,21,22)/t16-,17+/m1/s1. The van der Waals surface area contributed by atoms with E-state index >= 15 is 0 Å². The number of aromatic nitrogens is 3. The molecule has 2 amide bonds. The van der Waals surface area contributed by atoms with Gasteiger partial charge in [0, 0.05) is 20.0 Å². The van der Waals surface area contributed by atoms with E-state index in [9.17, 15) is 9.59 Å². The normalized spacial score (nSPS) is 20.3. The number of carbonyl (C=O) groups excluding carboxylic acids is 2. The summed E-state index contributed by atoms with van der Waals surface area (Å²) < 4.78 is 5.61. The molecule has 0 unspecified atom stereocenters. The van der Waals surface area contributed by atoms with Crippen molar-refractivity contribution < 1.29 is 14.3 Å². The largest absolute Gasteiger partial charge is 0.356 e. The number of nitrogens with zero attached hydrogens (tertiary/aromatic N) is 3. The average Bonchev–Trinajstić information content (AvgIpc) is 3.03. The molecule has 0 aliphatic carbocycles. The Hall–Kier alpha value is -2.74. The third kappa shape index (κ3) is 3.75. The Morgan fingerprint density at radius 2 is 2.15 bits per heavy atom. The van der Waals surface area contributed by atoms with Gasteiger partial charge < -0.3 is 15.0 Å². The van der Waals surface area contributed by atoms with Crippen LogP contribution in [-0.4, -0.2) is 58.2 Å². The van der Waals surface area contributed by atoms with Crippen LogP contribution in [0.5, 0.6) is 0 Å². The summed E-state index contributed by atoms with van der Waals surface area (Å²) in [5.41, 5.74) is 1.92. The van der Waals surface area contributed by atoms with Crippen LogP contribution in [0, 0.1) is 13.8 Å². The zero-order chi connectivity index (χ0) is 18.7. The Bertz CT molecular complexity index is 804. The average molecular weight is 357 g/mol. The molecule has 0 bridgehead atoms. The summed E-state index contributed by atoms with van der Waals surface area (Å²) in [6.07, 6.45) is -0.236. The van der Waals surface area contributed by atoms with E-state index in [1.54, 1.807) is 11.9 Å². The van der Waals surface area contributed by atoms with Crippen molar-refractivity contribution in [2.24, 2.45) is 0 Å². The lowest BCUT2D eigenvalue weighted by Gasteiger charge is -2.38. The van der Waals surface area contributed by atoms with Crippen LogP contribution in [0.2, 0.25) is 0 Å². The van der Waals surface area contributed by atoms with E-state index in [-0.39, 0.29) is 18.4 Å². The van der Waals surface area contributed by atoms with Crippen LogP contribution in [0.1, 0.15) is 28.8 Å². The van der Waals surface area contributed by atoms with Gasteiger partial charge in [-0.1, -0.05) is 24.3 Å². The van der Waals surface area contributed by atoms with Crippen molar-refractivity contribution >= 4 is 11.8 Å². The van der Waals surface area contributed by atoms with Crippen LogP contribution in [0.15, 0.2) is 24.3 Å². The van der Waals surface area contributed by atoms with Crippen molar-refractivity contribution in [2.45, 2.75) is 32.4 Å². The summed E-state index contributed by atoms with van der Waals surface area (Å²) in [5.74, 6) is 1.00. The van der Waals surface area contributed by atoms with Gasteiger partial charge in [0.2, 0.25) is 5.91 Å². The number of carbonyl (C=O) groups is 2. The van der Waals surface area contributed by atoms with Gasteiger partial charge in [-0.3, -0.25) is 14.7 Å². The molecule has 1 aromatic heterocycles. The zero-order valence-electron chi connectivity index (χ0n) is 15.2. The number of amides is 2. The minimum Gasteiger partial charge on any atom is -0.356 e. The van der Waals surface area contributed by atoms with Crippen LogP contribution in [0.4, 0.5) is 0 Å². The fourth-order valence-electron chi connectivity index (χ4n) is 3.12. The lowest BCUT2D eigenvalue weighted by atomic mass is 9.94. The van der Waals surface area contributed by atoms with Crippen molar-refractivity contribution in [3.8, 4) is 0 Å². The molecule has 0 saturated carbocycles. The molecule has 2 atom stereocenters. The Morgan fingerprint density at radius 1 is 1.38 bits per heavy atom. The van der Waals surface area contributed by atoms with Gasteiger partial charge in [-0.15, -0.1) is 0 Å². The van der Waals surface area contributed by atoms with Crippen LogP contribution >= 0.6 is 0 Å². The SMILES string of the molecule is Cc1nc(CCNC(=O)[C@H]2OCC(=O)N(C)[C@@H]2c2ccccc2C)n[nH]1. The molecule has 8 nitrogen and oxygen atoms in total. The first-order valence-corrected chi connectivity index (χ1v) is 8.55. The molecule has 8 heteroatoms. The van der Waals surface area contributed by atoms with Crippen molar-refractivity contribution in [1.82, 2.24) is 25.4 Å². The highest BCUT2D eigenvalue weighted by molar-refractivity contribution is 5.86. The molecular weight excluding hydrogens is 334 g/mol. The third-order valence-corrected chi connectivity index (χ3v) is 4.54. The molecule has 2 heterocycles. The maximum atomic E-state index is 12.7. The molecule has 1 aliphatic rings. The van der Waals surface area contributed by atoms with Crippen LogP contribution in [0.25, 0.3) is 0 Å². The number of likely N-dealkylation sites (N-methyl/N-ethyl adjacent to an activating group) is 1. The Balaban J connectivity index is 1.72. The second-order valence-corrected chi connectivity index (χ2v) is 6.42. The highest BCUT2D eigenvalue weighted by atomic mass is 16.5. The van der Waals surface area contributed by atoms with Crippen molar-refractivity contribution in [2.75, 3.05) is 20.2 Å². The predicted molar refractivity (Wildman–Crippen MR) is 94.3 cm³/mol. The second-order valence-electron chi connectivity index (χ2n) is 6.42. The number of benzene rings is 1. The molecule has 0 radical (unpaired) electrons. The fourth-order valence-corrected chi connectivity index (χ4v) is 3.12. The summed E-state index contributed by atoms with van der Waals surface area (Å²) in [5, 5.41) is 9.69. The van der Waals surface area contributed by atoms with Gasteiger partial charge in [-0.05, 0) is 25.0 Å². The van der Waals surface area contributed by atoms with E-state index in [1.165, 1.54) is 0 Å². The van der Waals surface area contributed by atoms with E-state index in [4.69, 9.17) is 4.74 Å². The number of hydrogen-bond acceptors (Lipinski definition) is 5. The minimum absolute atomic E-state index is 0.100. The number of aryl methyl sites for hydroxylation is 2. The second kappa shape index (κ2) is 7.65. The van der Waals surface area contributed by atoms with Gasteiger partial charge in [-0.2, -0.15) is 5.10 Å². The van der Waals surface area contributed by atoms with E-state index < -0.39 is 12.1 Å². The van der Waals surface area contributed by atoms with Crippen molar-refractivity contribution in [3.05, 3.63) is 47.0 Å². The number of nitrogens with one attached hydrogen (secondary N) is 2. The number of morpholine rings is 1. The Morgan fingerprint density at radius 3 is 2.85 bits per heavy atom. The van der Waals surface area contributed by atoms with Crippen molar-refractivity contribution in [1.29, 1.82) is 0 Å². The van der Waals surface area contributed by atoms with Gasteiger partial charge in [0.05, 0.1) is 6.04 Å². The summed E-state index contributed by atoms with van der Waals surface area (Å²) in [6, 6.07) is 7.26. The van der Waals surface area contributed by atoms with E-state index in [2.05, 4.69) is 20.5 Å². The summed E-state index contributed by atoms with van der Waals surface area (Å²) in [6.45, 7) is 4.08. The molecule has 1 saturated heterocycles. The van der Waals surface area contributed by atoms with Crippen LogP contribution in [-0.2, 0) is 20.7 Å².